The van der Waals surface area contributed by atoms with Crippen molar-refractivity contribution in [3.63, 3.8) is 0 Å². The Balaban J connectivity index is 1.95. The molecule has 0 fully saturated rings. The van der Waals surface area contributed by atoms with Crippen LogP contribution in [0.3, 0.4) is 0 Å². The highest BCUT2D eigenvalue weighted by Crippen LogP contribution is 2.12. The van der Waals surface area contributed by atoms with Crippen LogP contribution in [0.25, 0.3) is 6.08 Å². The lowest BCUT2D eigenvalue weighted by molar-refractivity contribution is -0.128. The van der Waals surface area contributed by atoms with Crippen molar-refractivity contribution in [2.75, 3.05) is 0 Å². The Morgan fingerprint density at radius 3 is 2.62 bits per heavy atom. The fraction of sp³-hybridized carbons (Fsp3) is 0. The van der Waals surface area contributed by atoms with E-state index in [4.69, 9.17) is 4.74 Å². The van der Waals surface area contributed by atoms with Crippen LogP contribution < -0.4 is 4.74 Å². The van der Waals surface area contributed by atoms with Gasteiger partial charge < -0.3 is 4.74 Å². The zero-order valence-corrected chi connectivity index (χ0v) is 9.31. The first kappa shape index (κ1) is 10.6. The largest absolute Gasteiger partial charge is 0.423 e. The van der Waals surface area contributed by atoms with Crippen LogP contribution in [-0.2, 0) is 4.79 Å². The van der Waals surface area contributed by atoms with Crippen LogP contribution in [-0.4, -0.2) is 5.97 Å². The molecule has 80 valence electrons. The molecule has 0 N–H and O–H groups in total. The van der Waals surface area contributed by atoms with Crippen LogP contribution in [0.15, 0.2) is 53.9 Å². The van der Waals surface area contributed by atoms with Crippen LogP contribution in [0, 0.1) is 0 Å². The number of carbonyl (C=O) groups excluding carboxylic acids is 1. The van der Waals surface area contributed by atoms with E-state index in [9.17, 15) is 4.79 Å². The summed E-state index contributed by atoms with van der Waals surface area (Å²) >= 11 is 1.58. The van der Waals surface area contributed by atoms with Gasteiger partial charge in [0, 0.05) is 11.0 Å². The SMILES string of the molecule is O=C(C=Cc1cccs1)Oc1ccccc1. The summed E-state index contributed by atoms with van der Waals surface area (Å²) in [4.78, 5) is 12.4. The van der Waals surface area contributed by atoms with Crippen LogP contribution in [0.2, 0.25) is 0 Å². The Kier molecular flexibility index (Phi) is 3.51. The van der Waals surface area contributed by atoms with Gasteiger partial charge in [0.15, 0.2) is 0 Å². The first-order chi connectivity index (χ1) is 7.84. The van der Waals surface area contributed by atoms with Gasteiger partial charge in [-0.25, -0.2) is 4.79 Å². The van der Waals surface area contributed by atoms with Gasteiger partial charge >= 0.3 is 5.97 Å². The van der Waals surface area contributed by atoms with E-state index in [0.29, 0.717) is 5.75 Å². The molecule has 0 spiro atoms. The van der Waals surface area contributed by atoms with E-state index in [-0.39, 0.29) is 5.97 Å². The molecule has 1 aromatic carbocycles. The number of hydrogen-bond acceptors (Lipinski definition) is 3. The van der Waals surface area contributed by atoms with Gasteiger partial charge in [-0.2, -0.15) is 0 Å². The lowest BCUT2D eigenvalue weighted by atomic mass is 10.3. The van der Waals surface area contributed by atoms with Gasteiger partial charge in [0.25, 0.3) is 0 Å². The number of benzene rings is 1. The normalized spacial score (nSPS) is 10.5. The molecular weight excluding hydrogens is 220 g/mol. The Labute approximate surface area is 97.8 Å². The molecular formula is C13H10O2S. The molecule has 0 saturated heterocycles. The third-order valence-corrected chi connectivity index (χ3v) is 2.73. The lowest BCUT2D eigenvalue weighted by Crippen LogP contribution is -2.02. The molecule has 1 aromatic heterocycles. The van der Waals surface area contributed by atoms with Crippen molar-refractivity contribution >= 4 is 23.4 Å². The molecule has 0 aliphatic carbocycles. The fourth-order valence-corrected chi connectivity index (χ4v) is 1.79. The molecule has 0 saturated carbocycles. The topological polar surface area (TPSA) is 26.3 Å². The maximum Gasteiger partial charge on any atom is 0.336 e. The second kappa shape index (κ2) is 5.28. The van der Waals surface area contributed by atoms with Crippen LogP contribution in [0.1, 0.15) is 4.88 Å². The van der Waals surface area contributed by atoms with Crippen LogP contribution in [0.5, 0.6) is 5.75 Å². The maximum atomic E-state index is 11.4. The van der Waals surface area contributed by atoms with Gasteiger partial charge in [-0.3, -0.25) is 0 Å². The second-order valence-electron chi connectivity index (χ2n) is 3.08. The Hall–Kier alpha value is -1.87. The van der Waals surface area contributed by atoms with Gasteiger partial charge in [0.05, 0.1) is 0 Å². The van der Waals surface area contributed by atoms with Crippen molar-refractivity contribution in [3.05, 3.63) is 58.8 Å². The molecule has 16 heavy (non-hydrogen) atoms. The van der Waals surface area contributed by atoms with E-state index in [2.05, 4.69) is 0 Å². The third kappa shape index (κ3) is 3.07. The first-order valence-corrected chi connectivity index (χ1v) is 5.71. The van der Waals surface area contributed by atoms with Crippen molar-refractivity contribution in [2.45, 2.75) is 0 Å². The highest BCUT2D eigenvalue weighted by atomic mass is 32.1. The molecule has 0 unspecified atom stereocenters. The molecule has 0 aliphatic rings. The van der Waals surface area contributed by atoms with E-state index in [0.717, 1.165) is 4.88 Å². The van der Waals surface area contributed by atoms with Crippen LogP contribution >= 0.6 is 11.3 Å². The molecule has 3 heteroatoms. The molecule has 0 amide bonds. The van der Waals surface area contributed by atoms with E-state index in [1.54, 1.807) is 29.5 Å². The standard InChI is InChI=1S/C13H10O2S/c14-13(9-8-12-7-4-10-16-12)15-11-5-2-1-3-6-11/h1-10H. The smallest absolute Gasteiger partial charge is 0.336 e. The van der Waals surface area contributed by atoms with Crippen molar-refractivity contribution in [1.82, 2.24) is 0 Å². The fourth-order valence-electron chi connectivity index (χ4n) is 1.17. The molecule has 2 rings (SSSR count). The lowest BCUT2D eigenvalue weighted by Gasteiger charge is -1.98. The van der Waals surface area contributed by atoms with Gasteiger partial charge in [-0.1, -0.05) is 24.3 Å². The molecule has 1 heterocycles. The maximum absolute atomic E-state index is 11.4. The summed E-state index contributed by atoms with van der Waals surface area (Å²) < 4.78 is 5.09. The Morgan fingerprint density at radius 1 is 1.12 bits per heavy atom. The summed E-state index contributed by atoms with van der Waals surface area (Å²) in [7, 11) is 0. The molecule has 0 radical (unpaired) electrons. The van der Waals surface area contributed by atoms with E-state index in [1.165, 1.54) is 6.08 Å². The van der Waals surface area contributed by atoms with Crippen molar-refractivity contribution in [2.24, 2.45) is 0 Å². The van der Waals surface area contributed by atoms with E-state index < -0.39 is 0 Å². The monoisotopic (exact) mass is 230 g/mol. The second-order valence-corrected chi connectivity index (χ2v) is 4.06. The summed E-state index contributed by atoms with van der Waals surface area (Å²) in [5.74, 6) is 0.197. The summed E-state index contributed by atoms with van der Waals surface area (Å²) in [6.45, 7) is 0. The zero-order valence-electron chi connectivity index (χ0n) is 8.50. The minimum Gasteiger partial charge on any atom is -0.423 e. The molecule has 2 aromatic rings. The molecule has 2 nitrogen and oxygen atoms in total. The number of esters is 1. The number of hydrogen-bond donors (Lipinski definition) is 0. The van der Waals surface area contributed by atoms with E-state index in [1.807, 2.05) is 35.7 Å². The van der Waals surface area contributed by atoms with Gasteiger partial charge in [-0.05, 0) is 29.7 Å². The van der Waals surface area contributed by atoms with Gasteiger partial charge in [0.1, 0.15) is 5.75 Å². The zero-order chi connectivity index (χ0) is 11.2. The highest BCUT2D eigenvalue weighted by molar-refractivity contribution is 7.10. The number of carbonyl (C=O) groups is 1. The van der Waals surface area contributed by atoms with Crippen molar-refractivity contribution in [1.29, 1.82) is 0 Å². The number of thiophene rings is 1. The van der Waals surface area contributed by atoms with Crippen LogP contribution in [0.4, 0.5) is 0 Å². The average molecular weight is 230 g/mol. The number of ether oxygens (including phenoxy) is 1. The number of para-hydroxylation sites is 1. The first-order valence-electron chi connectivity index (χ1n) is 4.83. The third-order valence-electron chi connectivity index (χ3n) is 1.89. The quantitative estimate of drug-likeness (QED) is 0.459. The molecule has 0 atom stereocenters. The summed E-state index contributed by atoms with van der Waals surface area (Å²) in [6, 6.07) is 12.9. The van der Waals surface area contributed by atoms with E-state index >= 15 is 0 Å². The van der Waals surface area contributed by atoms with Gasteiger partial charge in [-0.15, -0.1) is 11.3 Å². The highest BCUT2D eigenvalue weighted by Gasteiger charge is 1.98. The predicted molar refractivity (Wildman–Crippen MR) is 65.4 cm³/mol. The predicted octanol–water partition coefficient (Wildman–Crippen LogP) is 3.37. The summed E-state index contributed by atoms with van der Waals surface area (Å²) in [6.07, 6.45) is 3.18. The summed E-state index contributed by atoms with van der Waals surface area (Å²) in [5, 5.41) is 1.96. The molecule has 0 bridgehead atoms. The molecule has 0 aliphatic heterocycles. The Bertz CT molecular complexity index is 472. The minimum atomic E-state index is -0.361. The van der Waals surface area contributed by atoms with Crippen molar-refractivity contribution < 1.29 is 9.53 Å². The average Bonchev–Trinajstić information content (AvgIpc) is 2.81. The summed E-state index contributed by atoms with van der Waals surface area (Å²) in [5.41, 5.74) is 0. The number of rotatable bonds is 3. The van der Waals surface area contributed by atoms with Gasteiger partial charge in [0.2, 0.25) is 0 Å². The Morgan fingerprint density at radius 2 is 1.94 bits per heavy atom. The van der Waals surface area contributed by atoms with Crippen molar-refractivity contribution in [3.8, 4) is 5.75 Å². The minimum absolute atomic E-state index is 0.361.